The number of ketones is 1. The Morgan fingerprint density at radius 3 is 2.03 bits per heavy atom. The van der Waals surface area contributed by atoms with Gasteiger partial charge < -0.3 is 14.2 Å². The number of methoxy groups -OCH3 is 2. The van der Waals surface area contributed by atoms with Gasteiger partial charge in [0.1, 0.15) is 29.4 Å². The number of azo groups is 1. The Labute approximate surface area is 169 Å². The van der Waals surface area contributed by atoms with Crippen molar-refractivity contribution in [3.63, 3.8) is 0 Å². The minimum Gasteiger partial charge on any atom is -0.496 e. The van der Waals surface area contributed by atoms with Gasteiger partial charge in [0, 0.05) is 12.1 Å². The van der Waals surface area contributed by atoms with Crippen molar-refractivity contribution in [2.45, 2.75) is 13.5 Å². The number of nitrogens with zero attached hydrogens (tertiary/aromatic N) is 2. The number of carbonyl (C=O) groups is 1. The van der Waals surface area contributed by atoms with Crippen molar-refractivity contribution >= 4 is 17.2 Å². The van der Waals surface area contributed by atoms with Crippen LogP contribution in [0.1, 0.15) is 22.8 Å². The fraction of sp³-hybridized carbons (Fsp3) is 0.174. The summed E-state index contributed by atoms with van der Waals surface area (Å²) in [6.45, 7) is 1.76. The summed E-state index contributed by atoms with van der Waals surface area (Å²) in [6.07, 6.45) is 0. The van der Waals surface area contributed by atoms with Crippen LogP contribution in [0.2, 0.25) is 0 Å². The van der Waals surface area contributed by atoms with Crippen LogP contribution in [0.3, 0.4) is 0 Å². The van der Waals surface area contributed by atoms with Crippen LogP contribution >= 0.6 is 0 Å². The summed E-state index contributed by atoms with van der Waals surface area (Å²) in [6, 6.07) is 20.4. The lowest BCUT2D eigenvalue weighted by Crippen LogP contribution is -2.05. The fourth-order valence-electron chi connectivity index (χ4n) is 2.74. The van der Waals surface area contributed by atoms with Crippen LogP contribution in [0.5, 0.6) is 17.2 Å². The van der Waals surface area contributed by atoms with Crippen LogP contribution in [0, 0.1) is 0 Å². The third kappa shape index (κ3) is 5.19. The first-order chi connectivity index (χ1) is 14.1. The molecule has 0 bridgehead atoms. The van der Waals surface area contributed by atoms with E-state index < -0.39 is 0 Å². The van der Waals surface area contributed by atoms with Crippen LogP contribution in [0.15, 0.2) is 77.0 Å². The highest BCUT2D eigenvalue weighted by Gasteiger charge is 2.17. The summed E-state index contributed by atoms with van der Waals surface area (Å²) < 4.78 is 16.5. The van der Waals surface area contributed by atoms with E-state index in [4.69, 9.17) is 14.2 Å². The molecule has 0 amide bonds. The van der Waals surface area contributed by atoms with Crippen LogP contribution in [-0.2, 0) is 6.61 Å². The van der Waals surface area contributed by atoms with E-state index in [0.29, 0.717) is 22.8 Å². The molecule has 148 valence electrons. The summed E-state index contributed by atoms with van der Waals surface area (Å²) in [5, 5.41) is 8.42. The third-order valence-corrected chi connectivity index (χ3v) is 4.21. The number of benzene rings is 3. The molecule has 0 unspecified atom stereocenters. The second kappa shape index (κ2) is 9.50. The van der Waals surface area contributed by atoms with Gasteiger partial charge in [0.25, 0.3) is 0 Å². The van der Waals surface area contributed by atoms with Gasteiger partial charge in [-0.25, -0.2) is 0 Å². The molecule has 0 atom stereocenters. The highest BCUT2D eigenvalue weighted by atomic mass is 16.5. The molecule has 0 aliphatic carbocycles. The first-order valence-electron chi connectivity index (χ1n) is 9.06. The standard InChI is InChI=1S/C23H22N2O4/c1-16(26)23-21(28-3)13-20(27-2)14-22(23)29-15-17-9-11-19(12-10-17)25-24-18-7-5-4-6-8-18/h4-14H,15H2,1-3H3. The van der Waals surface area contributed by atoms with Gasteiger partial charge in [0.05, 0.1) is 25.6 Å². The van der Waals surface area contributed by atoms with E-state index in [1.54, 1.807) is 19.2 Å². The molecule has 0 aromatic heterocycles. The zero-order valence-electron chi connectivity index (χ0n) is 16.6. The SMILES string of the molecule is COc1cc(OC)c(C(C)=O)c(OCc2ccc(N=Nc3ccccc3)cc2)c1. The van der Waals surface area contributed by atoms with Gasteiger partial charge >= 0.3 is 0 Å². The molecule has 0 radical (unpaired) electrons. The van der Waals surface area contributed by atoms with Gasteiger partial charge in [0.15, 0.2) is 5.78 Å². The van der Waals surface area contributed by atoms with Crippen molar-refractivity contribution in [3.05, 3.63) is 77.9 Å². The topological polar surface area (TPSA) is 69.5 Å². The number of rotatable bonds is 8. The van der Waals surface area contributed by atoms with Crippen molar-refractivity contribution in [2.24, 2.45) is 10.2 Å². The molecule has 0 heterocycles. The molecule has 0 N–H and O–H groups in total. The monoisotopic (exact) mass is 390 g/mol. The zero-order valence-corrected chi connectivity index (χ0v) is 16.6. The van der Waals surface area contributed by atoms with Crippen molar-refractivity contribution < 1.29 is 19.0 Å². The lowest BCUT2D eigenvalue weighted by molar-refractivity contribution is 0.101. The van der Waals surface area contributed by atoms with Gasteiger partial charge in [-0.05, 0) is 36.8 Å². The Hall–Kier alpha value is -3.67. The maximum atomic E-state index is 12.1. The first kappa shape index (κ1) is 20.1. The van der Waals surface area contributed by atoms with Crippen LogP contribution < -0.4 is 14.2 Å². The Bertz CT molecular complexity index is 999. The highest BCUT2D eigenvalue weighted by Crippen LogP contribution is 2.35. The molecule has 6 heteroatoms. The Balaban J connectivity index is 1.73. The average molecular weight is 390 g/mol. The number of hydrogen-bond acceptors (Lipinski definition) is 6. The highest BCUT2D eigenvalue weighted by molar-refractivity contribution is 6.00. The summed E-state index contributed by atoms with van der Waals surface area (Å²) >= 11 is 0. The van der Waals surface area contributed by atoms with Crippen molar-refractivity contribution in [1.82, 2.24) is 0 Å². The van der Waals surface area contributed by atoms with E-state index in [1.165, 1.54) is 14.0 Å². The Morgan fingerprint density at radius 2 is 1.45 bits per heavy atom. The Morgan fingerprint density at radius 1 is 0.828 bits per heavy atom. The van der Waals surface area contributed by atoms with Gasteiger partial charge in [-0.15, -0.1) is 0 Å². The number of carbonyl (C=O) groups excluding carboxylic acids is 1. The molecule has 3 aromatic rings. The van der Waals surface area contributed by atoms with Crippen LogP contribution in [0.25, 0.3) is 0 Å². The predicted octanol–water partition coefficient (Wildman–Crippen LogP) is 5.90. The fourth-order valence-corrected chi connectivity index (χ4v) is 2.74. The second-order valence-corrected chi connectivity index (χ2v) is 6.25. The lowest BCUT2D eigenvalue weighted by Gasteiger charge is -2.15. The molecule has 0 aliphatic rings. The number of hydrogen-bond donors (Lipinski definition) is 0. The summed E-state index contributed by atoms with van der Waals surface area (Å²) in [7, 11) is 3.06. The van der Waals surface area contributed by atoms with Crippen LogP contribution in [0.4, 0.5) is 11.4 Å². The average Bonchev–Trinajstić information content (AvgIpc) is 2.76. The van der Waals surface area contributed by atoms with E-state index in [1.807, 2.05) is 54.6 Å². The van der Waals surface area contributed by atoms with E-state index in [0.717, 1.165) is 16.9 Å². The van der Waals surface area contributed by atoms with E-state index in [-0.39, 0.29) is 12.4 Å². The molecular formula is C23H22N2O4. The lowest BCUT2D eigenvalue weighted by atomic mass is 10.1. The maximum absolute atomic E-state index is 12.1. The molecular weight excluding hydrogens is 368 g/mol. The quantitative estimate of drug-likeness (QED) is 0.355. The van der Waals surface area contributed by atoms with Crippen LogP contribution in [-0.4, -0.2) is 20.0 Å². The first-order valence-corrected chi connectivity index (χ1v) is 9.06. The van der Waals surface area contributed by atoms with E-state index in [2.05, 4.69) is 10.2 Å². The van der Waals surface area contributed by atoms with Crippen molar-refractivity contribution in [2.75, 3.05) is 14.2 Å². The molecule has 3 aromatic carbocycles. The number of ether oxygens (including phenoxy) is 3. The van der Waals surface area contributed by atoms with E-state index in [9.17, 15) is 4.79 Å². The molecule has 0 saturated carbocycles. The Kier molecular flexibility index (Phi) is 6.58. The second-order valence-electron chi connectivity index (χ2n) is 6.25. The van der Waals surface area contributed by atoms with Gasteiger partial charge in [-0.2, -0.15) is 10.2 Å². The smallest absolute Gasteiger partial charge is 0.167 e. The van der Waals surface area contributed by atoms with Crippen molar-refractivity contribution in [1.29, 1.82) is 0 Å². The van der Waals surface area contributed by atoms with Crippen molar-refractivity contribution in [3.8, 4) is 17.2 Å². The number of Topliss-reactive ketones (excluding diaryl/α,β-unsaturated/α-hetero) is 1. The molecule has 29 heavy (non-hydrogen) atoms. The van der Waals surface area contributed by atoms with Gasteiger partial charge in [-0.3, -0.25) is 4.79 Å². The summed E-state index contributed by atoms with van der Waals surface area (Å²) in [4.78, 5) is 12.1. The largest absolute Gasteiger partial charge is 0.496 e. The third-order valence-electron chi connectivity index (χ3n) is 4.21. The maximum Gasteiger partial charge on any atom is 0.167 e. The predicted molar refractivity (Wildman–Crippen MR) is 111 cm³/mol. The minimum absolute atomic E-state index is 0.142. The zero-order chi connectivity index (χ0) is 20.6. The van der Waals surface area contributed by atoms with E-state index >= 15 is 0 Å². The van der Waals surface area contributed by atoms with Gasteiger partial charge in [-0.1, -0.05) is 30.3 Å². The van der Waals surface area contributed by atoms with Gasteiger partial charge in [0.2, 0.25) is 0 Å². The molecule has 0 spiro atoms. The summed E-state index contributed by atoms with van der Waals surface area (Å²) in [5.74, 6) is 1.25. The summed E-state index contributed by atoms with van der Waals surface area (Å²) in [5.41, 5.74) is 2.86. The normalized spacial score (nSPS) is 10.7. The molecule has 0 aliphatic heterocycles. The molecule has 0 saturated heterocycles. The molecule has 0 fully saturated rings. The molecule has 6 nitrogen and oxygen atoms in total. The molecule has 3 rings (SSSR count). The minimum atomic E-state index is -0.142.